The minimum atomic E-state index is -2.63. The van der Waals surface area contributed by atoms with Crippen LogP contribution in [0.1, 0.15) is 46.7 Å². The normalized spacial score (nSPS) is 27.7. The van der Waals surface area contributed by atoms with Crippen molar-refractivity contribution in [3.05, 3.63) is 53.2 Å². The Balaban J connectivity index is 1.25. The number of methoxy groups -OCH3 is 1. The maximum Gasteiger partial charge on any atom is 0.270 e. The van der Waals surface area contributed by atoms with Crippen molar-refractivity contribution in [1.82, 2.24) is 25.8 Å². The first-order valence-electron chi connectivity index (χ1n) is 13.9. The van der Waals surface area contributed by atoms with Crippen LogP contribution in [-0.4, -0.2) is 100 Å². The number of guanidine groups is 2. The molecule has 6 rings (SSSR count). The first-order valence-corrected chi connectivity index (χ1v) is 13.9. The number of nitrogens with one attached hydrogen (secondary N) is 3. The second-order valence-electron chi connectivity index (χ2n) is 11.7. The van der Waals surface area contributed by atoms with Gasteiger partial charge in [0.2, 0.25) is 11.7 Å². The highest BCUT2D eigenvalue weighted by Crippen LogP contribution is 2.45. The van der Waals surface area contributed by atoms with Crippen molar-refractivity contribution >= 4 is 23.7 Å². The van der Waals surface area contributed by atoms with E-state index in [0.717, 1.165) is 12.0 Å². The molecule has 2 amide bonds. The minimum Gasteiger partial charge on any atom is -0.492 e. The van der Waals surface area contributed by atoms with Crippen molar-refractivity contribution in [3.63, 3.8) is 0 Å². The van der Waals surface area contributed by atoms with Crippen molar-refractivity contribution in [3.8, 4) is 11.6 Å². The van der Waals surface area contributed by atoms with Gasteiger partial charge in [0.25, 0.3) is 11.8 Å². The number of hydrogen-bond donors (Lipinski definition) is 7. The Labute approximate surface area is 247 Å². The SMILES string of the molecule is COc1cccc(C(=O)NC[C@@H]2N=C(N)N3CC(NC(=O)c4cccc5c4OCCC5(C)C)C(O)(O)[C@@]34NC(N)=N[C@@H]24)n1. The molecule has 15 nitrogen and oxygen atoms in total. The van der Waals surface area contributed by atoms with Gasteiger partial charge in [0, 0.05) is 24.7 Å². The summed E-state index contributed by atoms with van der Waals surface area (Å²) in [5, 5.41) is 31.9. The van der Waals surface area contributed by atoms with Crippen LogP contribution in [0.5, 0.6) is 11.6 Å². The molecule has 1 aromatic heterocycles. The second-order valence-corrected chi connectivity index (χ2v) is 11.7. The van der Waals surface area contributed by atoms with Crippen molar-refractivity contribution in [2.45, 2.75) is 55.3 Å². The summed E-state index contributed by atoms with van der Waals surface area (Å²) in [6.07, 6.45) is 0.798. The van der Waals surface area contributed by atoms with Crippen LogP contribution in [0.4, 0.5) is 0 Å². The molecule has 2 aromatic rings. The number of benzene rings is 1. The zero-order valence-corrected chi connectivity index (χ0v) is 24.0. The Bertz CT molecular complexity index is 1540. The van der Waals surface area contributed by atoms with Crippen LogP contribution in [0.15, 0.2) is 46.4 Å². The van der Waals surface area contributed by atoms with Crippen LogP contribution in [0.3, 0.4) is 0 Å². The average Bonchev–Trinajstić information content (AvgIpc) is 3.45. The second kappa shape index (κ2) is 9.98. The molecule has 0 aliphatic carbocycles. The number of aromatic nitrogens is 1. The molecule has 43 heavy (non-hydrogen) atoms. The fourth-order valence-electron chi connectivity index (χ4n) is 6.38. The Kier molecular flexibility index (Phi) is 6.61. The Morgan fingerprint density at radius 3 is 2.70 bits per heavy atom. The van der Waals surface area contributed by atoms with Gasteiger partial charge < -0.3 is 52.0 Å². The molecule has 0 bridgehead atoms. The molecule has 1 aromatic carbocycles. The van der Waals surface area contributed by atoms with Crippen molar-refractivity contribution < 1.29 is 29.3 Å². The quantitative estimate of drug-likeness (QED) is 0.188. The van der Waals surface area contributed by atoms with Crippen LogP contribution >= 0.6 is 0 Å². The Morgan fingerprint density at radius 2 is 1.93 bits per heavy atom. The zero-order chi connectivity index (χ0) is 30.7. The summed E-state index contributed by atoms with van der Waals surface area (Å²) in [7, 11) is 1.44. The average molecular weight is 594 g/mol. The number of fused-ring (bicyclic) bond motifs is 1. The number of amides is 2. The summed E-state index contributed by atoms with van der Waals surface area (Å²) in [5.41, 5.74) is 11.8. The third-order valence-corrected chi connectivity index (χ3v) is 8.71. The van der Waals surface area contributed by atoms with Crippen LogP contribution in [-0.2, 0) is 5.41 Å². The number of rotatable bonds is 6. The van der Waals surface area contributed by atoms with E-state index in [1.54, 1.807) is 24.3 Å². The molecule has 4 aliphatic rings. The van der Waals surface area contributed by atoms with Crippen LogP contribution in [0.2, 0.25) is 0 Å². The van der Waals surface area contributed by atoms with Crippen LogP contribution in [0, 0.1) is 0 Å². The Hall–Kier alpha value is -4.63. The van der Waals surface area contributed by atoms with Gasteiger partial charge in [-0.25, -0.2) is 15.0 Å². The molecule has 1 spiro atoms. The van der Waals surface area contributed by atoms with Gasteiger partial charge in [-0.3, -0.25) is 9.59 Å². The molecule has 4 atom stereocenters. The summed E-state index contributed by atoms with van der Waals surface area (Å²) in [4.78, 5) is 40.9. The van der Waals surface area contributed by atoms with E-state index >= 15 is 0 Å². The molecular formula is C28H35N9O6. The van der Waals surface area contributed by atoms with E-state index in [2.05, 4.69) is 44.8 Å². The Morgan fingerprint density at radius 1 is 1.16 bits per heavy atom. The number of nitrogens with zero attached hydrogens (tertiary/aromatic N) is 4. The van der Waals surface area contributed by atoms with Crippen LogP contribution in [0.25, 0.3) is 0 Å². The number of para-hydroxylation sites is 1. The van der Waals surface area contributed by atoms with E-state index in [1.165, 1.54) is 18.1 Å². The number of carbonyl (C=O) groups excluding carboxylic acids is 2. The third-order valence-electron chi connectivity index (χ3n) is 8.71. The fourth-order valence-corrected chi connectivity index (χ4v) is 6.38. The molecule has 0 saturated carbocycles. The summed E-state index contributed by atoms with van der Waals surface area (Å²) in [6.45, 7) is 4.43. The summed E-state index contributed by atoms with van der Waals surface area (Å²) >= 11 is 0. The maximum atomic E-state index is 13.6. The lowest BCUT2D eigenvalue weighted by atomic mass is 9.79. The van der Waals surface area contributed by atoms with Crippen LogP contribution < -0.4 is 36.9 Å². The van der Waals surface area contributed by atoms with Gasteiger partial charge in [0.05, 0.1) is 25.3 Å². The van der Waals surface area contributed by atoms with Gasteiger partial charge >= 0.3 is 0 Å². The van der Waals surface area contributed by atoms with E-state index in [0.29, 0.717) is 12.4 Å². The molecule has 4 aliphatic heterocycles. The first kappa shape index (κ1) is 28.5. The van der Waals surface area contributed by atoms with Gasteiger partial charge in [0.1, 0.15) is 23.5 Å². The molecule has 1 fully saturated rings. The molecule has 1 unspecified atom stereocenters. The highest BCUT2D eigenvalue weighted by Gasteiger charge is 2.73. The van der Waals surface area contributed by atoms with Gasteiger partial charge in [0.15, 0.2) is 17.6 Å². The minimum absolute atomic E-state index is 0.0428. The van der Waals surface area contributed by atoms with Crippen molar-refractivity contribution in [2.75, 3.05) is 26.8 Å². The molecule has 1 saturated heterocycles. The predicted octanol–water partition coefficient (Wildman–Crippen LogP) is -1.65. The highest BCUT2D eigenvalue weighted by atomic mass is 16.5. The maximum absolute atomic E-state index is 13.6. The van der Waals surface area contributed by atoms with E-state index < -0.39 is 41.4 Å². The summed E-state index contributed by atoms with van der Waals surface area (Å²) < 4.78 is 11.0. The smallest absolute Gasteiger partial charge is 0.270 e. The highest BCUT2D eigenvalue weighted by molar-refractivity contribution is 5.98. The zero-order valence-electron chi connectivity index (χ0n) is 24.0. The lowest BCUT2D eigenvalue weighted by molar-refractivity contribution is -0.230. The molecule has 15 heteroatoms. The summed E-state index contributed by atoms with van der Waals surface area (Å²) in [6, 6.07) is 7.03. The molecule has 5 heterocycles. The molecule has 228 valence electrons. The molecular weight excluding hydrogens is 558 g/mol. The van der Waals surface area contributed by atoms with Crippen molar-refractivity contribution in [1.29, 1.82) is 0 Å². The first-order chi connectivity index (χ1) is 20.4. The van der Waals surface area contributed by atoms with E-state index in [9.17, 15) is 19.8 Å². The van der Waals surface area contributed by atoms with Crippen molar-refractivity contribution in [2.24, 2.45) is 21.5 Å². The fraction of sp³-hybridized carbons (Fsp3) is 0.464. The van der Waals surface area contributed by atoms with E-state index in [4.69, 9.17) is 20.9 Å². The monoisotopic (exact) mass is 593 g/mol. The van der Waals surface area contributed by atoms with Gasteiger partial charge in [-0.15, -0.1) is 0 Å². The number of hydrogen-bond acceptors (Lipinski definition) is 13. The van der Waals surface area contributed by atoms with E-state index in [-0.39, 0.29) is 47.6 Å². The van der Waals surface area contributed by atoms with Gasteiger partial charge in [-0.05, 0) is 24.0 Å². The number of aliphatic hydroxyl groups is 2. The number of nitrogens with two attached hydrogens (primary N) is 2. The number of pyridine rings is 1. The van der Waals surface area contributed by atoms with Gasteiger partial charge in [-0.2, -0.15) is 0 Å². The largest absolute Gasteiger partial charge is 0.492 e. The predicted molar refractivity (Wildman–Crippen MR) is 155 cm³/mol. The summed E-state index contributed by atoms with van der Waals surface area (Å²) in [5.74, 6) is -3.05. The number of ether oxygens (including phenoxy) is 2. The molecule has 9 N–H and O–H groups in total. The third kappa shape index (κ3) is 4.38. The number of aliphatic imine (C=N–C) groups is 2. The van der Waals surface area contributed by atoms with Gasteiger partial charge in [-0.1, -0.05) is 32.0 Å². The lowest BCUT2D eigenvalue weighted by Crippen LogP contribution is -2.78. The standard InChI is InChI=1S/C28H35N9O6/c1-26(2)10-11-43-20-14(6-4-7-15(20)26)22(38)34-18-13-37-25(30)33-17(21-27(37,28(18,40)41)36-24(29)35-21)12-31-23(39)16-8-5-9-19(32-16)42-3/h4-9,17-18,21,40-41H,10-13H2,1-3H3,(H2,30,33)(H,31,39)(H,34,38)(H3,29,35,36)/t17-,18?,21-,27-/m0/s1. The lowest BCUT2D eigenvalue weighted by Gasteiger charge is -2.49. The molecule has 0 radical (unpaired) electrons. The number of carbonyl (C=O) groups is 2. The van der Waals surface area contributed by atoms with E-state index in [1.807, 2.05) is 6.07 Å². The topological polar surface area (TPSA) is 222 Å².